The lowest BCUT2D eigenvalue weighted by atomic mass is 9.43. The van der Waals surface area contributed by atoms with Gasteiger partial charge in [0, 0.05) is 0 Å². The van der Waals surface area contributed by atoms with E-state index in [0.29, 0.717) is 5.41 Å². The van der Waals surface area contributed by atoms with Crippen LogP contribution in [-0.4, -0.2) is 6.54 Å². The van der Waals surface area contributed by atoms with E-state index in [1.54, 1.807) is 6.42 Å². The van der Waals surface area contributed by atoms with Gasteiger partial charge in [0.05, 0.1) is 0 Å². The Balaban J connectivity index is 1.85. The van der Waals surface area contributed by atoms with Crippen LogP contribution in [0.5, 0.6) is 0 Å². The van der Waals surface area contributed by atoms with Gasteiger partial charge in [-0.15, -0.1) is 0 Å². The van der Waals surface area contributed by atoms with Gasteiger partial charge in [0.2, 0.25) is 0 Å². The van der Waals surface area contributed by atoms with Crippen molar-refractivity contribution in [3.8, 4) is 0 Å². The van der Waals surface area contributed by atoms with Gasteiger partial charge >= 0.3 is 0 Å². The Morgan fingerprint density at radius 3 is 2.77 bits per heavy atom. The molecule has 74 valence electrons. The molecule has 0 amide bonds. The van der Waals surface area contributed by atoms with Crippen LogP contribution >= 0.6 is 0 Å². The molecule has 0 aromatic carbocycles. The summed E-state index contributed by atoms with van der Waals surface area (Å²) in [5, 5.41) is 0. The van der Waals surface area contributed by atoms with Gasteiger partial charge in [0.1, 0.15) is 0 Å². The molecule has 4 aliphatic rings. The Morgan fingerprint density at radius 2 is 2.00 bits per heavy atom. The van der Waals surface area contributed by atoms with E-state index in [4.69, 9.17) is 5.73 Å². The lowest BCUT2D eigenvalue weighted by molar-refractivity contribution is -0.113. The predicted octanol–water partition coefficient (Wildman–Crippen LogP) is 2.70. The van der Waals surface area contributed by atoms with Crippen LogP contribution in [0.25, 0.3) is 0 Å². The molecule has 1 nitrogen and oxygen atoms in total. The van der Waals surface area contributed by atoms with Crippen molar-refractivity contribution < 1.29 is 0 Å². The molecule has 0 aromatic rings. The first-order valence-electron chi connectivity index (χ1n) is 5.96. The smallest absolute Gasteiger partial charge is 0.00200 e. The highest BCUT2D eigenvalue weighted by atomic mass is 14.7. The molecule has 0 aromatic heterocycles. The van der Waals surface area contributed by atoms with E-state index >= 15 is 0 Å². The molecule has 1 spiro atoms. The Morgan fingerprint density at radius 1 is 1.15 bits per heavy atom. The molecule has 0 aliphatic heterocycles. The summed E-state index contributed by atoms with van der Waals surface area (Å²) in [7, 11) is 0. The minimum Gasteiger partial charge on any atom is -0.330 e. The van der Waals surface area contributed by atoms with Crippen molar-refractivity contribution in [1.29, 1.82) is 0 Å². The van der Waals surface area contributed by atoms with Crippen LogP contribution in [0.15, 0.2) is 0 Å². The van der Waals surface area contributed by atoms with E-state index in [0.717, 1.165) is 17.9 Å². The van der Waals surface area contributed by atoms with Crippen LogP contribution in [0.3, 0.4) is 0 Å². The van der Waals surface area contributed by atoms with Gasteiger partial charge in [-0.1, -0.05) is 19.3 Å². The molecule has 0 heterocycles. The zero-order valence-electron chi connectivity index (χ0n) is 8.52. The number of hydrogen-bond donors (Lipinski definition) is 1. The number of rotatable bonds is 1. The Bertz CT molecular complexity index is 210. The summed E-state index contributed by atoms with van der Waals surface area (Å²) < 4.78 is 0. The molecule has 0 radical (unpaired) electrons. The van der Waals surface area contributed by atoms with Gasteiger partial charge in [-0.05, 0) is 55.4 Å². The van der Waals surface area contributed by atoms with Crippen molar-refractivity contribution in [2.24, 2.45) is 22.5 Å². The molecular formula is C12H21N. The van der Waals surface area contributed by atoms with Crippen molar-refractivity contribution in [1.82, 2.24) is 0 Å². The summed E-state index contributed by atoms with van der Waals surface area (Å²) in [4.78, 5) is 0. The predicted molar refractivity (Wildman–Crippen MR) is 54.3 cm³/mol. The normalized spacial score (nSPS) is 53.8. The summed E-state index contributed by atoms with van der Waals surface area (Å²) in [5.74, 6) is 1.05. The quantitative estimate of drug-likeness (QED) is 0.658. The fraction of sp³-hybridized carbons (Fsp3) is 1.00. The first-order valence-corrected chi connectivity index (χ1v) is 5.96. The highest BCUT2D eigenvalue weighted by Crippen LogP contribution is 2.68. The summed E-state index contributed by atoms with van der Waals surface area (Å²) in [6.45, 7) is 0.964. The average Bonchev–Trinajstić information content (AvgIpc) is 2.21. The first-order chi connectivity index (χ1) is 6.26. The molecule has 4 fully saturated rings. The van der Waals surface area contributed by atoms with Crippen molar-refractivity contribution in [2.75, 3.05) is 6.54 Å². The van der Waals surface area contributed by atoms with Gasteiger partial charge in [0.15, 0.2) is 0 Å². The molecule has 13 heavy (non-hydrogen) atoms. The van der Waals surface area contributed by atoms with Crippen molar-refractivity contribution in [3.05, 3.63) is 0 Å². The maximum atomic E-state index is 5.93. The topological polar surface area (TPSA) is 26.0 Å². The van der Waals surface area contributed by atoms with Gasteiger partial charge in [0.25, 0.3) is 0 Å². The van der Waals surface area contributed by atoms with E-state index in [9.17, 15) is 0 Å². The van der Waals surface area contributed by atoms with Gasteiger partial charge in [-0.25, -0.2) is 0 Å². The summed E-state index contributed by atoms with van der Waals surface area (Å²) in [5.41, 5.74) is 7.34. The molecule has 1 atom stereocenters. The standard InChI is InChI=1S/C12H21N/c13-9-12-6-10-3-1-2-4-11(5-10,7-12)8-12/h10H,1-9,13H2. The first kappa shape index (κ1) is 8.28. The summed E-state index contributed by atoms with van der Waals surface area (Å²) in [6.07, 6.45) is 12.0. The summed E-state index contributed by atoms with van der Waals surface area (Å²) >= 11 is 0. The van der Waals surface area contributed by atoms with Crippen LogP contribution < -0.4 is 5.73 Å². The van der Waals surface area contributed by atoms with Crippen molar-refractivity contribution in [2.45, 2.75) is 51.4 Å². The third kappa shape index (κ3) is 1.09. The second-order valence-corrected chi connectivity index (χ2v) is 6.08. The molecule has 4 aliphatic carbocycles. The number of hydrogen-bond acceptors (Lipinski definition) is 1. The monoisotopic (exact) mass is 179 g/mol. The lowest BCUT2D eigenvalue weighted by Gasteiger charge is -2.62. The number of nitrogens with two attached hydrogens (primary N) is 1. The zero-order valence-corrected chi connectivity index (χ0v) is 8.52. The van der Waals surface area contributed by atoms with Gasteiger partial charge in [-0.3, -0.25) is 0 Å². The van der Waals surface area contributed by atoms with E-state index in [2.05, 4.69) is 0 Å². The summed E-state index contributed by atoms with van der Waals surface area (Å²) in [6, 6.07) is 0. The molecule has 1 unspecified atom stereocenters. The third-order valence-corrected chi connectivity index (χ3v) is 4.95. The van der Waals surface area contributed by atoms with Crippen LogP contribution in [0.4, 0.5) is 0 Å². The largest absolute Gasteiger partial charge is 0.330 e. The maximum absolute atomic E-state index is 5.93. The maximum Gasteiger partial charge on any atom is -0.00200 e. The minimum absolute atomic E-state index is 0.618. The highest BCUT2D eigenvalue weighted by Gasteiger charge is 2.58. The fourth-order valence-electron chi connectivity index (χ4n) is 4.77. The van der Waals surface area contributed by atoms with Crippen LogP contribution in [0.1, 0.15) is 51.4 Å². The van der Waals surface area contributed by atoms with Crippen LogP contribution in [0.2, 0.25) is 0 Å². The molecule has 0 saturated heterocycles. The lowest BCUT2D eigenvalue weighted by Crippen LogP contribution is -2.55. The molecular weight excluding hydrogens is 158 g/mol. The van der Waals surface area contributed by atoms with Crippen molar-refractivity contribution in [3.63, 3.8) is 0 Å². The second-order valence-electron chi connectivity index (χ2n) is 6.08. The van der Waals surface area contributed by atoms with E-state index in [1.807, 2.05) is 0 Å². The molecule has 2 N–H and O–H groups in total. The highest BCUT2D eigenvalue weighted by molar-refractivity contribution is 5.10. The zero-order chi connectivity index (χ0) is 8.94. The fourth-order valence-corrected chi connectivity index (χ4v) is 4.77. The molecule has 3 bridgehead atoms. The van der Waals surface area contributed by atoms with E-state index in [-0.39, 0.29) is 0 Å². The molecule has 4 saturated carbocycles. The third-order valence-electron chi connectivity index (χ3n) is 4.95. The van der Waals surface area contributed by atoms with Crippen LogP contribution in [0, 0.1) is 16.7 Å². The Labute approximate surface area is 81.1 Å². The van der Waals surface area contributed by atoms with Crippen molar-refractivity contribution >= 4 is 0 Å². The molecule has 4 rings (SSSR count). The second kappa shape index (κ2) is 2.50. The SMILES string of the molecule is NCC12CC3CCCCC(C3)(C1)C2. The van der Waals surface area contributed by atoms with Crippen LogP contribution in [-0.2, 0) is 0 Å². The minimum atomic E-state index is 0.618. The van der Waals surface area contributed by atoms with E-state index in [1.165, 1.54) is 44.9 Å². The van der Waals surface area contributed by atoms with Gasteiger partial charge in [-0.2, -0.15) is 0 Å². The van der Waals surface area contributed by atoms with Gasteiger partial charge < -0.3 is 5.73 Å². The molecule has 1 heteroatoms. The Kier molecular flexibility index (Phi) is 1.59. The Hall–Kier alpha value is -0.0400. The average molecular weight is 179 g/mol. The van der Waals surface area contributed by atoms with E-state index < -0.39 is 0 Å².